The lowest BCUT2D eigenvalue weighted by molar-refractivity contribution is -0.255. The second-order valence-electron chi connectivity index (χ2n) is 21.6. The molecule has 0 aromatic carbocycles. The summed E-state index contributed by atoms with van der Waals surface area (Å²) < 4.78 is 93.4. The Morgan fingerprint density at radius 3 is 2.32 bits per heavy atom. The molecule has 3 aliphatic heterocycles. The molecule has 0 spiro atoms. The molecule has 0 bridgehead atoms. The van der Waals surface area contributed by atoms with E-state index in [2.05, 4.69) is 57.9 Å². The summed E-state index contributed by atoms with van der Waals surface area (Å²) in [5.41, 5.74) is -2.31. The van der Waals surface area contributed by atoms with Gasteiger partial charge in [0.05, 0.1) is 42.7 Å². The number of carbonyl (C=O) groups is 4. The first-order chi connectivity index (χ1) is 35.0. The van der Waals surface area contributed by atoms with Gasteiger partial charge < -0.3 is 44.2 Å². The van der Waals surface area contributed by atoms with Crippen molar-refractivity contribution in [1.29, 1.82) is 0 Å². The monoisotopic (exact) mass is 1100 g/mol. The topological polar surface area (TPSA) is 242 Å². The van der Waals surface area contributed by atoms with Crippen LogP contribution in [0.4, 0.5) is 19.2 Å². The minimum absolute atomic E-state index is 0.0581. The molecule has 20 nitrogen and oxygen atoms in total. The predicted molar refractivity (Wildman–Crippen MR) is 273 cm³/mol. The van der Waals surface area contributed by atoms with Crippen molar-refractivity contribution in [3.63, 3.8) is 0 Å². The minimum Gasteiger partial charge on any atom is -0.492 e. The zero-order chi connectivity index (χ0) is 55.7. The summed E-state index contributed by atoms with van der Waals surface area (Å²) in [5.74, 6) is -0.0727. The number of aliphatic imine (C=N–C) groups is 1. The number of alkyl halides is 3. The summed E-state index contributed by atoms with van der Waals surface area (Å²) in [7, 11) is -3.12. The normalized spacial score (nSPS) is 24.8. The Hall–Kier alpha value is -5.01. The number of hydrogen-bond acceptors (Lipinski definition) is 16. The molecule has 6 aliphatic rings. The standard InChI is InChI=1S/C34H49ClN6O6.C11H16N2O5S.C5H9F3O/c1-21(2)37-33-39-27(19-46-33)25-16-29(47-23-15-22(3)41(18-23)32(43)26(36-20-42)17-34(4,5)6)24-7-8-28(30(35)31(24)38-25)45-14-11-40-9-12-44-13-10-40;1-3-8-6-11(8,12-7-14)9(15)13-19(16,17)18-10(2)4-5-10;1-4(2,9-3)5(6,7)8/h8,16,19-24,26H,7,9-15,17-18H2,1-6H3,(H,36,42)(H,37,39);3,7-8H,1,4-6H2,2H3,(H,12,14)(H,13,15);1-3H3/t22?,23?,24?,26-;8?,11-;/m01./s1. The molecule has 1 aromatic rings. The van der Waals surface area contributed by atoms with Gasteiger partial charge in [0.15, 0.2) is 5.60 Å². The molecule has 2 saturated carbocycles. The minimum atomic E-state index is -4.28. The van der Waals surface area contributed by atoms with Gasteiger partial charge in [-0.2, -0.15) is 26.6 Å². The quantitative estimate of drug-likeness (QED) is 0.0813. The Balaban J connectivity index is 0.000000303. The Bertz CT molecular complexity index is 2450. The maximum Gasteiger partial charge on any atom is 0.416 e. The van der Waals surface area contributed by atoms with Crippen LogP contribution in [0.2, 0.25) is 0 Å². The van der Waals surface area contributed by atoms with Gasteiger partial charge in [0.25, 0.3) is 11.9 Å². The first-order valence-corrected chi connectivity index (χ1v) is 26.7. The van der Waals surface area contributed by atoms with Crippen molar-refractivity contribution in [2.45, 2.75) is 148 Å². The zero-order valence-electron chi connectivity index (χ0n) is 44.4. The maximum atomic E-state index is 13.6. The fourth-order valence-electron chi connectivity index (χ4n) is 8.38. The molecular weight excluding hydrogens is 1030 g/mol. The number of aromatic nitrogens is 1. The van der Waals surface area contributed by atoms with Crippen LogP contribution in [0.5, 0.6) is 0 Å². The Labute approximate surface area is 442 Å². The molecule has 75 heavy (non-hydrogen) atoms. The molecule has 3 aliphatic carbocycles. The largest absolute Gasteiger partial charge is 0.492 e. The summed E-state index contributed by atoms with van der Waals surface area (Å²) in [4.78, 5) is 61.2. The van der Waals surface area contributed by atoms with E-state index in [0.29, 0.717) is 104 Å². The third kappa shape index (κ3) is 16.7. The van der Waals surface area contributed by atoms with Gasteiger partial charge in [-0.25, -0.2) is 13.9 Å². The zero-order valence-corrected chi connectivity index (χ0v) is 46.0. The maximum absolute atomic E-state index is 13.6. The lowest BCUT2D eigenvalue weighted by atomic mass is 9.87. The van der Waals surface area contributed by atoms with Gasteiger partial charge >= 0.3 is 16.5 Å². The molecule has 1 aromatic heterocycles. The smallest absolute Gasteiger partial charge is 0.416 e. The third-order valence-corrected chi connectivity index (χ3v) is 14.8. The molecule has 4 unspecified atom stereocenters. The van der Waals surface area contributed by atoms with Gasteiger partial charge in [-0.3, -0.25) is 24.1 Å². The van der Waals surface area contributed by atoms with E-state index in [1.54, 1.807) is 13.2 Å². The summed E-state index contributed by atoms with van der Waals surface area (Å²) in [6, 6.07) is -0.108. The summed E-state index contributed by atoms with van der Waals surface area (Å²) >= 11 is 7.01. The molecule has 4 fully saturated rings. The fourth-order valence-corrected chi connectivity index (χ4v) is 9.83. The van der Waals surface area contributed by atoms with Crippen LogP contribution in [0, 0.1) is 17.3 Å². The second-order valence-corrected chi connectivity index (χ2v) is 23.2. The number of amides is 4. The van der Waals surface area contributed by atoms with E-state index in [0.717, 1.165) is 53.8 Å². The number of anilines is 1. The van der Waals surface area contributed by atoms with E-state index in [9.17, 15) is 40.8 Å². The highest BCUT2D eigenvalue weighted by Crippen LogP contribution is 2.45. The fraction of sp³-hybridized carbons (Fsp3) is 0.680. The molecular formula is C50H74ClF3N8O12S. The summed E-state index contributed by atoms with van der Waals surface area (Å²) in [6.07, 6.45) is 6.81. The van der Waals surface area contributed by atoms with Crippen LogP contribution in [0.1, 0.15) is 107 Å². The van der Waals surface area contributed by atoms with Crippen molar-refractivity contribution in [2.24, 2.45) is 22.2 Å². The molecule has 4 heterocycles. The van der Waals surface area contributed by atoms with Gasteiger partial charge in [-0.15, -0.1) is 6.58 Å². The molecule has 420 valence electrons. The number of morpholine rings is 1. The number of rotatable bonds is 21. The number of allylic oxidation sites excluding steroid dienone is 3. The predicted octanol–water partition coefficient (Wildman–Crippen LogP) is 6.02. The van der Waals surface area contributed by atoms with E-state index in [4.69, 9.17) is 39.4 Å². The van der Waals surface area contributed by atoms with Gasteiger partial charge in [0.2, 0.25) is 18.7 Å². The summed E-state index contributed by atoms with van der Waals surface area (Å²) in [6.45, 7) is 24.3. The van der Waals surface area contributed by atoms with Crippen molar-refractivity contribution < 1.29 is 68.3 Å². The van der Waals surface area contributed by atoms with Crippen LogP contribution in [0.15, 0.2) is 62.7 Å². The number of methoxy groups -OCH3 is 1. The number of likely N-dealkylation sites (tertiary alicyclic amines) is 1. The number of carbonyl (C=O) groups excluding carboxylic acids is 4. The van der Waals surface area contributed by atoms with Crippen molar-refractivity contribution in [2.75, 3.05) is 58.4 Å². The number of nitrogens with one attached hydrogen (secondary N) is 4. The van der Waals surface area contributed by atoms with E-state index in [1.165, 1.54) is 6.08 Å². The van der Waals surface area contributed by atoms with E-state index >= 15 is 0 Å². The number of ether oxygens (including phenoxy) is 4. The van der Waals surface area contributed by atoms with Gasteiger partial charge in [-0.1, -0.05) is 38.4 Å². The SMILES string of the molecule is C=CC1C[C@]1(NC=O)C(=O)NS(=O)(=O)OC1(C)CC1.CC(C)Nc1nc(C2=NC3=C(Cl)C(OCCN4CCOCC4)=CCC3C(OC3CC(C)N(C(=O)[C@H](CC(C)(C)C)NC=O)C3)=C2)co1.COC(C)(C)C(F)(F)F. The van der Waals surface area contributed by atoms with Crippen molar-refractivity contribution >= 4 is 58.3 Å². The van der Waals surface area contributed by atoms with E-state index in [-0.39, 0.29) is 41.3 Å². The molecule has 6 atom stereocenters. The first kappa shape index (κ1) is 60.9. The number of halogens is 4. The highest BCUT2D eigenvalue weighted by Gasteiger charge is 2.60. The molecule has 25 heteroatoms. The van der Waals surface area contributed by atoms with Crippen LogP contribution in [-0.2, 0) is 52.6 Å². The lowest BCUT2D eigenvalue weighted by Gasteiger charge is -2.31. The van der Waals surface area contributed by atoms with E-state index < -0.39 is 45.2 Å². The van der Waals surface area contributed by atoms with Gasteiger partial charge in [0, 0.05) is 57.2 Å². The number of fused-ring (bicyclic) bond motifs is 1. The summed E-state index contributed by atoms with van der Waals surface area (Å²) in [5, 5.41) is 8.72. The highest BCUT2D eigenvalue weighted by atomic mass is 35.5. The average Bonchev–Trinajstić information content (AvgIpc) is 4.12. The number of nitrogens with zero attached hydrogens (tertiary/aromatic N) is 4. The first-order valence-electron chi connectivity index (χ1n) is 25.0. The number of oxazole rings is 1. The van der Waals surface area contributed by atoms with Gasteiger partial charge in [-0.05, 0) is 85.1 Å². The molecule has 2 saturated heterocycles. The molecule has 0 radical (unpaired) electrons. The van der Waals surface area contributed by atoms with Crippen LogP contribution in [0.3, 0.4) is 0 Å². The van der Waals surface area contributed by atoms with Crippen molar-refractivity contribution in [3.05, 3.63) is 59.0 Å². The Kier molecular flexibility index (Phi) is 20.3. The highest BCUT2D eigenvalue weighted by molar-refractivity contribution is 7.85. The number of dihydropyridines is 1. The Morgan fingerprint density at radius 1 is 1.09 bits per heavy atom. The van der Waals surface area contributed by atoms with Crippen LogP contribution in [0.25, 0.3) is 0 Å². The van der Waals surface area contributed by atoms with Crippen LogP contribution >= 0.6 is 11.6 Å². The van der Waals surface area contributed by atoms with E-state index in [1.807, 2.05) is 42.5 Å². The number of hydrogen-bond donors (Lipinski definition) is 4. The molecule has 4 amide bonds. The van der Waals surface area contributed by atoms with Crippen molar-refractivity contribution in [1.82, 2.24) is 30.1 Å². The van der Waals surface area contributed by atoms with Crippen LogP contribution < -0.4 is 20.7 Å². The average molecular weight is 1100 g/mol. The molecule has 4 N–H and O–H groups in total. The lowest BCUT2D eigenvalue weighted by Crippen LogP contribution is -2.50. The van der Waals surface area contributed by atoms with Crippen molar-refractivity contribution in [3.8, 4) is 0 Å². The Morgan fingerprint density at radius 2 is 1.77 bits per heavy atom. The second kappa shape index (κ2) is 25.0. The van der Waals surface area contributed by atoms with Crippen LogP contribution in [-0.4, -0.2) is 154 Å². The van der Waals surface area contributed by atoms with Gasteiger partial charge in [0.1, 0.15) is 52.8 Å². The molecule has 7 rings (SSSR count). The third-order valence-electron chi connectivity index (χ3n) is 13.3.